The highest BCUT2D eigenvalue weighted by molar-refractivity contribution is 5.97. The number of hydrogen-bond acceptors (Lipinski definition) is 4. The van der Waals surface area contributed by atoms with Crippen LogP contribution in [-0.4, -0.2) is 24.1 Å². The molecule has 0 aliphatic carbocycles. The monoisotopic (exact) mass is 168 g/mol. The van der Waals surface area contributed by atoms with Gasteiger partial charge in [0.05, 0.1) is 24.0 Å². The van der Waals surface area contributed by atoms with Crippen molar-refractivity contribution >= 4 is 11.9 Å². The standard InChI is InChI=1S/C8H8O4/c9-7-5-3-1-2-4(11-3)6(5)8(10)12-7/h3-6H,1-2H2/t3-,4-,5?,6?/m1/s1. The van der Waals surface area contributed by atoms with Crippen molar-refractivity contribution in [2.75, 3.05) is 0 Å². The van der Waals surface area contributed by atoms with Crippen molar-refractivity contribution in [3.63, 3.8) is 0 Å². The van der Waals surface area contributed by atoms with Gasteiger partial charge in [0.2, 0.25) is 0 Å². The van der Waals surface area contributed by atoms with Crippen LogP contribution in [0.4, 0.5) is 0 Å². The fraction of sp³-hybridized carbons (Fsp3) is 0.750. The molecule has 0 saturated carbocycles. The number of cyclic esters (lactones) is 2. The maximum Gasteiger partial charge on any atom is 0.320 e. The van der Waals surface area contributed by atoms with Crippen molar-refractivity contribution in [2.24, 2.45) is 11.8 Å². The highest BCUT2D eigenvalue weighted by atomic mass is 16.6. The maximum absolute atomic E-state index is 11.1. The third kappa shape index (κ3) is 0.579. The van der Waals surface area contributed by atoms with Gasteiger partial charge in [-0.05, 0) is 12.8 Å². The number of esters is 2. The molecule has 0 aromatic rings. The maximum atomic E-state index is 11.1. The summed E-state index contributed by atoms with van der Waals surface area (Å²) in [5.74, 6) is -1.32. The van der Waals surface area contributed by atoms with Crippen molar-refractivity contribution in [3.05, 3.63) is 0 Å². The van der Waals surface area contributed by atoms with Crippen LogP contribution in [0.2, 0.25) is 0 Å². The van der Waals surface area contributed by atoms with Crippen LogP contribution in [0.15, 0.2) is 0 Å². The Balaban J connectivity index is 2.03. The molecule has 2 unspecified atom stereocenters. The first-order chi connectivity index (χ1) is 5.77. The Bertz CT molecular complexity index is 246. The summed E-state index contributed by atoms with van der Waals surface area (Å²) in [6.07, 6.45) is 1.71. The molecule has 0 aromatic heterocycles. The Hall–Kier alpha value is -0.900. The molecule has 3 fully saturated rings. The highest BCUT2D eigenvalue weighted by Gasteiger charge is 2.61. The Labute approximate surface area is 68.8 Å². The molecule has 3 aliphatic heterocycles. The van der Waals surface area contributed by atoms with Gasteiger partial charge in [0.1, 0.15) is 0 Å². The third-order valence-corrected chi connectivity index (χ3v) is 3.02. The van der Waals surface area contributed by atoms with E-state index in [1.807, 2.05) is 0 Å². The lowest BCUT2D eigenvalue weighted by molar-refractivity contribution is -0.156. The molecular weight excluding hydrogens is 160 g/mol. The fourth-order valence-corrected chi connectivity index (χ4v) is 2.51. The lowest BCUT2D eigenvalue weighted by atomic mass is 9.81. The zero-order valence-electron chi connectivity index (χ0n) is 6.36. The summed E-state index contributed by atoms with van der Waals surface area (Å²) in [7, 11) is 0. The van der Waals surface area contributed by atoms with Gasteiger partial charge < -0.3 is 9.47 Å². The number of carbonyl (C=O) groups is 2. The van der Waals surface area contributed by atoms with E-state index in [0.717, 1.165) is 12.8 Å². The number of fused-ring (bicyclic) bond motifs is 5. The molecule has 3 rings (SSSR count). The predicted octanol–water partition coefficient (Wildman–Crippen LogP) is -0.137. The largest absolute Gasteiger partial charge is 0.393 e. The predicted molar refractivity (Wildman–Crippen MR) is 36.0 cm³/mol. The van der Waals surface area contributed by atoms with Crippen molar-refractivity contribution in [1.29, 1.82) is 0 Å². The molecule has 3 aliphatic rings. The van der Waals surface area contributed by atoms with Crippen molar-refractivity contribution in [1.82, 2.24) is 0 Å². The van der Waals surface area contributed by atoms with Gasteiger partial charge in [0.15, 0.2) is 0 Å². The second-order valence-corrected chi connectivity index (χ2v) is 3.58. The second kappa shape index (κ2) is 1.88. The van der Waals surface area contributed by atoms with Crippen molar-refractivity contribution in [2.45, 2.75) is 25.0 Å². The first kappa shape index (κ1) is 6.60. The van der Waals surface area contributed by atoms with Crippen LogP contribution in [-0.2, 0) is 19.1 Å². The average molecular weight is 168 g/mol. The number of rotatable bonds is 0. The minimum atomic E-state index is -0.378. The van der Waals surface area contributed by atoms with E-state index in [2.05, 4.69) is 4.74 Å². The van der Waals surface area contributed by atoms with Gasteiger partial charge >= 0.3 is 11.9 Å². The fourth-order valence-electron chi connectivity index (χ4n) is 2.51. The Kier molecular flexibility index (Phi) is 1.03. The molecule has 0 N–H and O–H groups in total. The van der Waals surface area contributed by atoms with Crippen LogP contribution >= 0.6 is 0 Å². The zero-order valence-corrected chi connectivity index (χ0v) is 6.36. The summed E-state index contributed by atoms with van der Waals surface area (Å²) in [5.41, 5.74) is 0. The van der Waals surface area contributed by atoms with Crippen LogP contribution in [0.5, 0.6) is 0 Å². The van der Waals surface area contributed by atoms with E-state index in [1.165, 1.54) is 0 Å². The SMILES string of the molecule is O=C1OC(=O)C2C1[C@H]1CC[C@H]2O1. The quantitative estimate of drug-likeness (QED) is 0.373. The molecule has 12 heavy (non-hydrogen) atoms. The van der Waals surface area contributed by atoms with E-state index >= 15 is 0 Å². The molecular formula is C8H8O4. The van der Waals surface area contributed by atoms with E-state index < -0.39 is 0 Å². The van der Waals surface area contributed by atoms with E-state index in [0.29, 0.717) is 0 Å². The van der Waals surface area contributed by atoms with E-state index in [-0.39, 0.29) is 36.0 Å². The minimum Gasteiger partial charge on any atom is -0.393 e. The van der Waals surface area contributed by atoms with Gasteiger partial charge in [-0.2, -0.15) is 0 Å². The third-order valence-electron chi connectivity index (χ3n) is 3.02. The summed E-state index contributed by atoms with van der Waals surface area (Å²) >= 11 is 0. The summed E-state index contributed by atoms with van der Waals surface area (Å²) in [6, 6.07) is 0. The minimum absolute atomic E-state index is 0.0426. The summed E-state index contributed by atoms with van der Waals surface area (Å²) < 4.78 is 10.0. The van der Waals surface area contributed by atoms with Crippen LogP contribution in [0.25, 0.3) is 0 Å². The van der Waals surface area contributed by atoms with Gasteiger partial charge in [-0.1, -0.05) is 0 Å². The van der Waals surface area contributed by atoms with Crippen molar-refractivity contribution in [3.8, 4) is 0 Å². The Morgan fingerprint density at radius 3 is 2.00 bits per heavy atom. The molecule has 0 spiro atoms. The smallest absolute Gasteiger partial charge is 0.320 e. The van der Waals surface area contributed by atoms with Gasteiger partial charge in [-0.15, -0.1) is 0 Å². The summed E-state index contributed by atoms with van der Waals surface area (Å²) in [6.45, 7) is 0. The number of ether oxygens (including phenoxy) is 2. The molecule has 2 bridgehead atoms. The molecule has 0 amide bonds. The van der Waals surface area contributed by atoms with Crippen molar-refractivity contribution < 1.29 is 19.1 Å². The van der Waals surface area contributed by atoms with Gasteiger partial charge in [-0.25, -0.2) is 0 Å². The highest BCUT2D eigenvalue weighted by Crippen LogP contribution is 2.47. The van der Waals surface area contributed by atoms with Crippen LogP contribution < -0.4 is 0 Å². The van der Waals surface area contributed by atoms with Gasteiger partial charge in [-0.3, -0.25) is 9.59 Å². The summed E-state index contributed by atoms with van der Waals surface area (Å²) in [5, 5.41) is 0. The topological polar surface area (TPSA) is 52.6 Å². The molecule has 4 nitrogen and oxygen atoms in total. The first-order valence-electron chi connectivity index (χ1n) is 4.18. The molecule has 4 atom stereocenters. The average Bonchev–Trinajstić information content (AvgIpc) is 2.64. The second-order valence-electron chi connectivity index (χ2n) is 3.58. The van der Waals surface area contributed by atoms with Crippen LogP contribution in [0.1, 0.15) is 12.8 Å². The van der Waals surface area contributed by atoms with Crippen LogP contribution in [0.3, 0.4) is 0 Å². The lowest BCUT2D eigenvalue weighted by Gasteiger charge is -2.13. The molecule has 4 heteroatoms. The zero-order chi connectivity index (χ0) is 8.29. The Morgan fingerprint density at radius 2 is 1.50 bits per heavy atom. The van der Waals surface area contributed by atoms with E-state index in [9.17, 15) is 9.59 Å². The lowest BCUT2D eigenvalue weighted by Crippen LogP contribution is -2.29. The van der Waals surface area contributed by atoms with E-state index in [1.54, 1.807) is 0 Å². The molecule has 0 radical (unpaired) electrons. The van der Waals surface area contributed by atoms with E-state index in [4.69, 9.17) is 4.74 Å². The molecule has 0 aromatic carbocycles. The van der Waals surface area contributed by atoms with Gasteiger partial charge in [0, 0.05) is 0 Å². The molecule has 3 saturated heterocycles. The number of hydrogen-bond donors (Lipinski definition) is 0. The molecule has 64 valence electrons. The van der Waals surface area contributed by atoms with Gasteiger partial charge in [0.25, 0.3) is 0 Å². The Morgan fingerprint density at radius 1 is 1.00 bits per heavy atom. The summed E-state index contributed by atoms with van der Waals surface area (Å²) in [4.78, 5) is 22.3. The molecule has 3 heterocycles. The first-order valence-corrected chi connectivity index (χ1v) is 4.18. The van der Waals surface area contributed by atoms with Crippen LogP contribution in [0, 0.1) is 11.8 Å². The normalized spacial score (nSPS) is 49.7. The number of carbonyl (C=O) groups excluding carboxylic acids is 2.